The molecule has 3 N–H and O–H groups in total. The molecule has 0 spiro atoms. The van der Waals surface area contributed by atoms with Crippen LogP contribution in [-0.2, 0) is 6.42 Å². The van der Waals surface area contributed by atoms with E-state index >= 15 is 0 Å². The van der Waals surface area contributed by atoms with Gasteiger partial charge in [0.15, 0.2) is 11.7 Å². The average Bonchev–Trinajstić information content (AvgIpc) is 2.76. The van der Waals surface area contributed by atoms with Crippen molar-refractivity contribution < 1.29 is 4.79 Å². The van der Waals surface area contributed by atoms with Gasteiger partial charge in [-0.3, -0.25) is 9.78 Å². The first-order chi connectivity index (χ1) is 14.6. The summed E-state index contributed by atoms with van der Waals surface area (Å²) in [4.78, 5) is 23.5. The lowest BCUT2D eigenvalue weighted by Gasteiger charge is -2.30. The number of carbonyl (C=O) groups is 1. The molecule has 6 heteroatoms. The Morgan fingerprint density at radius 1 is 1.23 bits per heavy atom. The van der Waals surface area contributed by atoms with Gasteiger partial charge in [-0.25, -0.2) is 4.99 Å². The van der Waals surface area contributed by atoms with Crippen LogP contribution in [0, 0.1) is 0 Å². The molecule has 1 heterocycles. The van der Waals surface area contributed by atoms with Gasteiger partial charge in [-0.15, -0.1) is 0 Å². The van der Waals surface area contributed by atoms with E-state index in [0.29, 0.717) is 5.56 Å². The van der Waals surface area contributed by atoms with Crippen molar-refractivity contribution in [2.75, 3.05) is 18.4 Å². The minimum atomic E-state index is 0.0499. The summed E-state index contributed by atoms with van der Waals surface area (Å²) < 4.78 is 0. The van der Waals surface area contributed by atoms with Crippen LogP contribution in [0.25, 0.3) is 0 Å². The Hall–Kier alpha value is -2.73. The fraction of sp³-hybridized carbons (Fsp3) is 0.458. The molecule has 1 aliphatic carbocycles. The smallest absolute Gasteiger partial charge is 0.198 e. The second-order valence-electron chi connectivity index (χ2n) is 7.88. The van der Waals surface area contributed by atoms with Gasteiger partial charge in [0.05, 0.1) is 6.04 Å². The SMILES string of the molecule is CCN(CCc1ccccn1)C(=N[C@H]1CCCC[C@@H]1N)Nc1cccc(C(C)=O)c1. The van der Waals surface area contributed by atoms with Crippen molar-refractivity contribution in [1.82, 2.24) is 9.88 Å². The predicted molar refractivity (Wildman–Crippen MR) is 123 cm³/mol. The predicted octanol–water partition coefficient (Wildman–Crippen LogP) is 3.89. The summed E-state index contributed by atoms with van der Waals surface area (Å²) in [7, 11) is 0. The lowest BCUT2D eigenvalue weighted by atomic mass is 9.91. The van der Waals surface area contributed by atoms with Crippen LogP contribution in [0.1, 0.15) is 55.6 Å². The maximum Gasteiger partial charge on any atom is 0.198 e. The van der Waals surface area contributed by atoms with E-state index in [0.717, 1.165) is 56.1 Å². The number of benzene rings is 1. The number of ketones is 1. The van der Waals surface area contributed by atoms with Crippen LogP contribution >= 0.6 is 0 Å². The van der Waals surface area contributed by atoms with Gasteiger partial charge in [0.2, 0.25) is 0 Å². The maximum atomic E-state index is 11.8. The third kappa shape index (κ3) is 6.13. The summed E-state index contributed by atoms with van der Waals surface area (Å²) in [5.41, 5.74) is 8.99. The number of anilines is 1. The van der Waals surface area contributed by atoms with Gasteiger partial charge in [0, 0.05) is 48.7 Å². The Labute approximate surface area is 179 Å². The standard InChI is InChI=1S/C24H33N5O/c1-3-29(16-14-20-10-6-7-15-26-20)24(28-23-13-5-4-12-22(23)25)27-21-11-8-9-19(17-21)18(2)30/h6-11,15,17,22-23H,3-5,12-14,16,25H2,1-2H3,(H,27,28)/t22-,23-/m0/s1. The number of nitrogens with two attached hydrogens (primary N) is 1. The monoisotopic (exact) mass is 407 g/mol. The Bertz CT molecular complexity index is 852. The molecule has 2 aromatic rings. The average molecular weight is 408 g/mol. The van der Waals surface area contributed by atoms with Crippen molar-refractivity contribution in [2.24, 2.45) is 10.7 Å². The number of rotatable bonds is 7. The number of hydrogen-bond acceptors (Lipinski definition) is 4. The summed E-state index contributed by atoms with van der Waals surface area (Å²) in [6.45, 7) is 5.32. The van der Waals surface area contributed by atoms with E-state index in [1.54, 1.807) is 6.92 Å². The molecule has 0 unspecified atom stereocenters. The van der Waals surface area contributed by atoms with Crippen LogP contribution in [0.5, 0.6) is 0 Å². The number of carbonyl (C=O) groups excluding carboxylic acids is 1. The molecule has 160 valence electrons. The number of guanidine groups is 1. The second kappa shape index (κ2) is 10.9. The van der Waals surface area contributed by atoms with Gasteiger partial charge in [-0.2, -0.15) is 0 Å². The highest BCUT2D eigenvalue weighted by Gasteiger charge is 2.23. The van der Waals surface area contributed by atoms with Crippen molar-refractivity contribution in [3.8, 4) is 0 Å². The summed E-state index contributed by atoms with van der Waals surface area (Å²) in [6, 6.07) is 13.8. The van der Waals surface area contributed by atoms with E-state index in [-0.39, 0.29) is 17.9 Å². The molecule has 0 saturated heterocycles. The van der Waals surface area contributed by atoms with Crippen LogP contribution in [0.4, 0.5) is 5.69 Å². The number of hydrogen-bond donors (Lipinski definition) is 2. The maximum absolute atomic E-state index is 11.8. The van der Waals surface area contributed by atoms with Gasteiger partial charge in [-0.1, -0.05) is 31.0 Å². The number of likely N-dealkylation sites (N-methyl/N-ethyl adjacent to an activating group) is 1. The van der Waals surface area contributed by atoms with Crippen LogP contribution in [-0.4, -0.2) is 46.8 Å². The van der Waals surface area contributed by atoms with Gasteiger partial charge in [-0.05, 0) is 51.0 Å². The van der Waals surface area contributed by atoms with Crippen LogP contribution < -0.4 is 11.1 Å². The molecule has 0 amide bonds. The normalized spacial score (nSPS) is 19.4. The Morgan fingerprint density at radius 3 is 2.77 bits per heavy atom. The zero-order valence-electron chi connectivity index (χ0n) is 18.1. The summed E-state index contributed by atoms with van der Waals surface area (Å²) in [5.74, 6) is 0.866. The summed E-state index contributed by atoms with van der Waals surface area (Å²) >= 11 is 0. The Kier molecular flexibility index (Phi) is 7.97. The third-order valence-electron chi connectivity index (χ3n) is 5.64. The van der Waals surface area contributed by atoms with Crippen molar-refractivity contribution in [3.63, 3.8) is 0 Å². The molecular formula is C24H33N5O. The summed E-state index contributed by atoms with van der Waals surface area (Å²) in [5, 5.41) is 3.48. The molecule has 0 radical (unpaired) electrons. The van der Waals surface area contributed by atoms with E-state index in [1.165, 1.54) is 6.42 Å². The largest absolute Gasteiger partial charge is 0.343 e. The van der Waals surface area contributed by atoms with Gasteiger partial charge < -0.3 is 16.0 Å². The Morgan fingerprint density at radius 2 is 2.07 bits per heavy atom. The van der Waals surface area contributed by atoms with E-state index in [4.69, 9.17) is 10.7 Å². The topological polar surface area (TPSA) is 83.6 Å². The first-order valence-corrected chi connectivity index (χ1v) is 10.9. The second-order valence-corrected chi connectivity index (χ2v) is 7.88. The number of Topliss-reactive ketones (excluding diaryl/α,β-unsaturated/α-hetero) is 1. The number of nitrogens with zero attached hydrogens (tertiary/aromatic N) is 3. The van der Waals surface area contributed by atoms with Gasteiger partial charge >= 0.3 is 0 Å². The molecule has 1 fully saturated rings. The van der Waals surface area contributed by atoms with Crippen LogP contribution in [0.3, 0.4) is 0 Å². The quantitative estimate of drug-likeness (QED) is 0.413. The molecule has 2 atom stereocenters. The molecule has 1 saturated carbocycles. The van der Waals surface area contributed by atoms with Gasteiger partial charge in [0.1, 0.15) is 0 Å². The fourth-order valence-electron chi connectivity index (χ4n) is 3.80. The van der Waals surface area contributed by atoms with Crippen molar-refractivity contribution in [1.29, 1.82) is 0 Å². The molecular weight excluding hydrogens is 374 g/mol. The van der Waals surface area contributed by atoms with Gasteiger partial charge in [0.25, 0.3) is 0 Å². The molecule has 6 nitrogen and oxygen atoms in total. The number of aliphatic imine (C=N–C) groups is 1. The zero-order chi connectivity index (χ0) is 21.3. The number of pyridine rings is 1. The van der Waals surface area contributed by atoms with E-state index in [2.05, 4.69) is 22.1 Å². The molecule has 3 rings (SSSR count). The zero-order valence-corrected chi connectivity index (χ0v) is 18.1. The molecule has 1 aliphatic rings. The highest BCUT2D eigenvalue weighted by atomic mass is 16.1. The van der Waals surface area contributed by atoms with Crippen LogP contribution in [0.2, 0.25) is 0 Å². The van der Waals surface area contributed by atoms with E-state index in [9.17, 15) is 4.79 Å². The summed E-state index contributed by atoms with van der Waals surface area (Å²) in [6.07, 6.45) is 7.02. The van der Waals surface area contributed by atoms with E-state index in [1.807, 2.05) is 48.7 Å². The van der Waals surface area contributed by atoms with E-state index < -0.39 is 0 Å². The highest BCUT2D eigenvalue weighted by molar-refractivity contribution is 5.98. The number of aromatic nitrogens is 1. The van der Waals surface area contributed by atoms with Crippen molar-refractivity contribution in [2.45, 2.75) is 58.0 Å². The van der Waals surface area contributed by atoms with Crippen molar-refractivity contribution >= 4 is 17.4 Å². The molecule has 0 aliphatic heterocycles. The molecule has 1 aromatic carbocycles. The molecule has 30 heavy (non-hydrogen) atoms. The van der Waals surface area contributed by atoms with Crippen molar-refractivity contribution in [3.05, 3.63) is 59.9 Å². The lowest BCUT2D eigenvalue weighted by Crippen LogP contribution is -2.42. The minimum absolute atomic E-state index is 0.0499. The lowest BCUT2D eigenvalue weighted by molar-refractivity contribution is 0.101. The molecule has 1 aromatic heterocycles. The number of nitrogens with one attached hydrogen (secondary N) is 1. The Balaban J connectivity index is 1.83. The highest BCUT2D eigenvalue weighted by Crippen LogP contribution is 2.21. The molecule has 0 bridgehead atoms. The fourth-order valence-corrected chi connectivity index (χ4v) is 3.80. The first-order valence-electron chi connectivity index (χ1n) is 10.9. The third-order valence-corrected chi connectivity index (χ3v) is 5.64. The first kappa shape index (κ1) is 22.0. The van der Waals surface area contributed by atoms with Crippen LogP contribution in [0.15, 0.2) is 53.7 Å². The minimum Gasteiger partial charge on any atom is -0.343 e.